The molecule has 104 valence electrons. The van der Waals surface area contributed by atoms with Crippen LogP contribution in [0.1, 0.15) is 17.3 Å². The molecule has 1 aromatic carbocycles. The first-order valence-electron chi connectivity index (χ1n) is 5.79. The number of ether oxygens (including phenoxy) is 1. The molecule has 0 bridgehead atoms. The van der Waals surface area contributed by atoms with Crippen LogP contribution in [0.2, 0.25) is 0 Å². The van der Waals surface area contributed by atoms with Crippen molar-refractivity contribution in [3.8, 4) is 11.6 Å². The highest BCUT2D eigenvalue weighted by molar-refractivity contribution is 5.91. The van der Waals surface area contributed by atoms with Gasteiger partial charge in [0.2, 0.25) is 0 Å². The smallest absolute Gasteiger partial charge is 0.342 e. The second kappa shape index (κ2) is 5.52. The van der Waals surface area contributed by atoms with E-state index in [4.69, 9.17) is 9.84 Å². The van der Waals surface area contributed by atoms with Gasteiger partial charge in [0.25, 0.3) is 5.88 Å². The average Bonchev–Trinajstić information content (AvgIpc) is 2.41. The molecule has 20 heavy (non-hydrogen) atoms. The third-order valence-electron chi connectivity index (χ3n) is 2.62. The number of carbonyl (C=O) groups is 1. The summed E-state index contributed by atoms with van der Waals surface area (Å²) in [6, 6.07) is 3.55. The number of hydrogen-bond donors (Lipinski definition) is 1. The Morgan fingerprint density at radius 1 is 1.50 bits per heavy atom. The molecule has 0 aliphatic heterocycles. The first-order valence-corrected chi connectivity index (χ1v) is 5.79. The zero-order valence-corrected chi connectivity index (χ0v) is 10.5. The van der Waals surface area contributed by atoms with E-state index in [-0.39, 0.29) is 11.6 Å². The molecule has 0 unspecified atom stereocenters. The maximum atomic E-state index is 13.5. The number of nitrogens with zero attached hydrogens (tertiary/aromatic N) is 2. The van der Waals surface area contributed by atoms with E-state index in [1.165, 1.54) is 29.1 Å². The molecule has 1 aromatic heterocycles. The fraction of sp³-hybridized carbons (Fsp3) is 0.154. The minimum Gasteiger partial charge on any atom is -0.477 e. The lowest BCUT2D eigenvalue weighted by Crippen LogP contribution is -2.21. The average molecular weight is 278 g/mol. The summed E-state index contributed by atoms with van der Waals surface area (Å²) >= 11 is 0. The predicted octanol–water partition coefficient (Wildman–Crippen LogP) is 1.89. The van der Waals surface area contributed by atoms with Crippen LogP contribution in [0.15, 0.2) is 35.4 Å². The number of benzene rings is 1. The molecule has 1 heterocycles. The fourth-order valence-corrected chi connectivity index (χ4v) is 1.65. The van der Waals surface area contributed by atoms with Crippen LogP contribution in [0, 0.1) is 5.82 Å². The van der Waals surface area contributed by atoms with Crippen LogP contribution in [0.4, 0.5) is 4.39 Å². The first kappa shape index (κ1) is 13.7. The standard InChI is InChI=1S/C13H11FN2O4/c1-2-16-7-6-15-11(12(16)17)20-9-5-3-4-8(14)10(9)13(18)19/h3-7H,2H2,1H3,(H,18,19). The highest BCUT2D eigenvalue weighted by Crippen LogP contribution is 2.24. The Morgan fingerprint density at radius 2 is 2.25 bits per heavy atom. The Kier molecular flexibility index (Phi) is 3.79. The molecule has 0 spiro atoms. The minimum absolute atomic E-state index is 0.268. The van der Waals surface area contributed by atoms with Crippen LogP contribution in [0.25, 0.3) is 0 Å². The van der Waals surface area contributed by atoms with Gasteiger partial charge in [0.05, 0.1) is 0 Å². The van der Waals surface area contributed by atoms with Gasteiger partial charge in [-0.3, -0.25) is 4.79 Å². The van der Waals surface area contributed by atoms with E-state index in [0.717, 1.165) is 6.07 Å². The Labute approximate surface area is 113 Å². The van der Waals surface area contributed by atoms with Crippen molar-refractivity contribution in [2.45, 2.75) is 13.5 Å². The molecule has 2 rings (SSSR count). The lowest BCUT2D eigenvalue weighted by atomic mass is 10.2. The van der Waals surface area contributed by atoms with Crippen molar-refractivity contribution in [1.82, 2.24) is 9.55 Å². The second-order valence-corrected chi connectivity index (χ2v) is 3.84. The van der Waals surface area contributed by atoms with Gasteiger partial charge in [-0.2, -0.15) is 0 Å². The van der Waals surface area contributed by atoms with Crippen molar-refractivity contribution in [2.75, 3.05) is 0 Å². The van der Waals surface area contributed by atoms with Crippen molar-refractivity contribution < 1.29 is 19.0 Å². The van der Waals surface area contributed by atoms with Gasteiger partial charge >= 0.3 is 11.5 Å². The van der Waals surface area contributed by atoms with E-state index in [1.807, 2.05) is 0 Å². The Morgan fingerprint density at radius 3 is 2.90 bits per heavy atom. The summed E-state index contributed by atoms with van der Waals surface area (Å²) in [5, 5.41) is 8.97. The van der Waals surface area contributed by atoms with Crippen LogP contribution in [0.3, 0.4) is 0 Å². The quantitative estimate of drug-likeness (QED) is 0.923. The van der Waals surface area contributed by atoms with Crippen LogP contribution < -0.4 is 10.3 Å². The van der Waals surface area contributed by atoms with Crippen LogP contribution >= 0.6 is 0 Å². The van der Waals surface area contributed by atoms with Gasteiger partial charge < -0.3 is 14.4 Å². The maximum Gasteiger partial charge on any atom is 0.342 e. The molecule has 0 radical (unpaired) electrons. The molecular formula is C13H11FN2O4. The molecule has 6 nitrogen and oxygen atoms in total. The number of aromatic nitrogens is 2. The van der Waals surface area contributed by atoms with Crippen LogP contribution in [-0.2, 0) is 6.54 Å². The highest BCUT2D eigenvalue weighted by atomic mass is 19.1. The van der Waals surface area contributed by atoms with E-state index < -0.39 is 22.9 Å². The lowest BCUT2D eigenvalue weighted by molar-refractivity contribution is 0.0689. The number of halogens is 1. The van der Waals surface area contributed by atoms with Gasteiger partial charge in [-0.1, -0.05) is 6.07 Å². The van der Waals surface area contributed by atoms with Gasteiger partial charge in [-0.15, -0.1) is 0 Å². The number of carboxylic acids is 1. The maximum absolute atomic E-state index is 13.5. The first-order chi connectivity index (χ1) is 9.54. The van der Waals surface area contributed by atoms with Crippen LogP contribution in [-0.4, -0.2) is 20.6 Å². The van der Waals surface area contributed by atoms with Crippen molar-refractivity contribution in [2.24, 2.45) is 0 Å². The molecule has 0 saturated heterocycles. The summed E-state index contributed by atoms with van der Waals surface area (Å²) in [6.07, 6.45) is 2.82. The van der Waals surface area contributed by atoms with Gasteiger partial charge in [-0.25, -0.2) is 14.2 Å². The zero-order valence-electron chi connectivity index (χ0n) is 10.5. The zero-order chi connectivity index (χ0) is 14.7. The van der Waals surface area contributed by atoms with Gasteiger partial charge in [0, 0.05) is 18.9 Å². The summed E-state index contributed by atoms with van der Waals surface area (Å²) in [6.45, 7) is 2.17. The van der Waals surface area contributed by atoms with E-state index in [0.29, 0.717) is 6.54 Å². The molecule has 0 fully saturated rings. The molecule has 0 amide bonds. The SMILES string of the molecule is CCn1ccnc(Oc2cccc(F)c2C(=O)O)c1=O. The molecule has 0 aliphatic rings. The predicted molar refractivity (Wildman–Crippen MR) is 67.6 cm³/mol. The van der Waals surface area contributed by atoms with Crippen molar-refractivity contribution >= 4 is 5.97 Å². The van der Waals surface area contributed by atoms with Gasteiger partial charge in [0.15, 0.2) is 0 Å². The molecule has 2 aromatic rings. The lowest BCUT2D eigenvalue weighted by Gasteiger charge is -2.09. The summed E-state index contributed by atoms with van der Waals surface area (Å²) < 4.78 is 20.0. The topological polar surface area (TPSA) is 81.4 Å². The number of carboxylic acid groups (broad SMARTS) is 1. The normalized spacial score (nSPS) is 10.3. The molecule has 1 N–H and O–H groups in total. The number of aryl methyl sites for hydroxylation is 1. The van der Waals surface area contributed by atoms with Crippen molar-refractivity contribution in [1.29, 1.82) is 0 Å². The van der Waals surface area contributed by atoms with Gasteiger partial charge in [-0.05, 0) is 19.1 Å². The number of rotatable bonds is 4. The minimum atomic E-state index is -1.48. The molecule has 0 saturated carbocycles. The Balaban J connectivity index is 2.49. The summed E-state index contributed by atoms with van der Waals surface area (Å²) in [5.74, 6) is -3.00. The van der Waals surface area contributed by atoms with Gasteiger partial charge in [0.1, 0.15) is 17.1 Å². The molecular weight excluding hydrogens is 267 g/mol. The molecule has 7 heteroatoms. The van der Waals surface area contributed by atoms with Crippen molar-refractivity contribution in [3.63, 3.8) is 0 Å². The molecule has 0 aliphatic carbocycles. The monoisotopic (exact) mass is 278 g/mol. The number of hydrogen-bond acceptors (Lipinski definition) is 4. The van der Waals surface area contributed by atoms with Crippen LogP contribution in [0.5, 0.6) is 11.6 Å². The third-order valence-corrected chi connectivity index (χ3v) is 2.62. The second-order valence-electron chi connectivity index (χ2n) is 3.84. The summed E-state index contributed by atoms with van der Waals surface area (Å²) in [7, 11) is 0. The Hall–Kier alpha value is -2.70. The van der Waals surface area contributed by atoms with Crippen molar-refractivity contribution in [3.05, 3.63) is 52.3 Å². The largest absolute Gasteiger partial charge is 0.477 e. The van der Waals surface area contributed by atoms with E-state index in [2.05, 4.69) is 4.98 Å². The summed E-state index contributed by atoms with van der Waals surface area (Å²) in [5.41, 5.74) is -1.16. The van der Waals surface area contributed by atoms with E-state index in [9.17, 15) is 14.0 Å². The fourth-order valence-electron chi connectivity index (χ4n) is 1.65. The molecule has 0 atom stereocenters. The van der Waals surface area contributed by atoms with E-state index >= 15 is 0 Å². The third kappa shape index (κ3) is 2.51. The Bertz CT molecular complexity index is 712. The highest BCUT2D eigenvalue weighted by Gasteiger charge is 2.19. The number of aromatic carboxylic acids is 1. The van der Waals surface area contributed by atoms with E-state index in [1.54, 1.807) is 6.92 Å². The summed E-state index contributed by atoms with van der Waals surface area (Å²) in [4.78, 5) is 26.7.